The molecule has 7 unspecified atom stereocenters. The van der Waals surface area contributed by atoms with Gasteiger partial charge in [0.25, 0.3) is 5.79 Å². The summed E-state index contributed by atoms with van der Waals surface area (Å²) in [6, 6.07) is 0. The molecule has 5 heterocycles. The number of aliphatic hydroxyl groups is 8. The molecule has 0 saturated carbocycles. The molecule has 0 aromatic carbocycles. The van der Waals surface area contributed by atoms with E-state index in [1.165, 1.54) is 18.5 Å². The standard InChI is InChI=1S/C27H39N7O26P4/c28-20-11-22(31-7-30-20)34(8-32-11)24-18(59-62(47,48)49)19(41)27(57-24,58-25(43)16(39)13(36)14(37)17(40)26(44)61(45)46)6-55-64(52,53)60-63(50,51)54-5-10-12(35)15(38)23(56-10)33-3-1-2-9(4-33)21(29)42/h1,3-4,7-8,10,12-19,23-24,26,35-41,44H,2,5-6H2,(H2,29,42)(H,50,51)(H,52,53)(H2,28,30,31)(H2,47,48,49)/t10-,12-,13?,14?,15-,16?,17?,18-,19-,23-,24-,26?,27-/m1/s1. The molecule has 2 aromatic heterocycles. The lowest BCUT2D eigenvalue weighted by molar-refractivity contribution is -0.274. The molecule has 0 radical (unpaired) electrons. The number of hydrogen-bond donors (Lipinski definition) is 14. The van der Waals surface area contributed by atoms with E-state index in [9.17, 15) is 92.8 Å². The third-order valence-electron chi connectivity index (χ3n) is 9.25. The average molecular weight is 1000 g/mol. The summed E-state index contributed by atoms with van der Waals surface area (Å²) < 4.78 is 95.3. The number of aliphatic hydroxyl groups excluding tert-OH is 8. The highest BCUT2D eigenvalue weighted by atomic mass is 31.3. The van der Waals surface area contributed by atoms with Crippen LogP contribution in [-0.2, 0) is 64.5 Å². The Bertz CT molecular complexity index is 2340. The molecule has 358 valence electrons. The number of nitrogen functional groups attached to an aromatic ring is 1. The second-order valence-corrected chi connectivity index (χ2v) is 19.0. The van der Waals surface area contributed by atoms with Crippen molar-refractivity contribution in [1.29, 1.82) is 0 Å². The van der Waals surface area contributed by atoms with Crippen LogP contribution in [0, 0.1) is 0 Å². The minimum absolute atomic E-state index is 0.0715. The highest BCUT2D eigenvalue weighted by Gasteiger charge is 2.63. The summed E-state index contributed by atoms with van der Waals surface area (Å²) in [7, 11) is -21.7. The lowest BCUT2D eigenvalue weighted by atomic mass is 10.0. The van der Waals surface area contributed by atoms with E-state index in [2.05, 4.69) is 32.8 Å². The number of allylic oxidation sites excluding steroid dienone is 1. The van der Waals surface area contributed by atoms with Crippen molar-refractivity contribution in [2.24, 2.45) is 5.73 Å². The number of carbonyl (C=O) groups is 2. The lowest BCUT2D eigenvalue weighted by Gasteiger charge is -2.33. The second-order valence-electron chi connectivity index (χ2n) is 13.6. The van der Waals surface area contributed by atoms with Crippen LogP contribution in [0.3, 0.4) is 0 Å². The number of fused-ring (bicyclic) bond motifs is 1. The molecule has 0 aliphatic carbocycles. The zero-order valence-corrected chi connectivity index (χ0v) is 35.3. The Hall–Kier alpha value is -3.56. The van der Waals surface area contributed by atoms with Crippen molar-refractivity contribution in [2.45, 2.75) is 85.4 Å². The van der Waals surface area contributed by atoms with Crippen LogP contribution in [0.4, 0.5) is 5.82 Å². The number of phosphoric ester groups is 3. The van der Waals surface area contributed by atoms with Crippen molar-refractivity contribution >= 4 is 60.0 Å². The van der Waals surface area contributed by atoms with E-state index in [4.69, 9.17) is 25.7 Å². The Kier molecular flexibility index (Phi) is 15.9. The topological polar surface area (TPSA) is 526 Å². The number of nitrogens with two attached hydrogens (primary N) is 2. The fourth-order valence-corrected chi connectivity index (χ4v) is 9.17. The summed E-state index contributed by atoms with van der Waals surface area (Å²) in [5.41, 5.74) is 10.6. The third kappa shape index (κ3) is 11.5. The first-order valence-electron chi connectivity index (χ1n) is 17.5. The Labute approximate surface area is 355 Å². The van der Waals surface area contributed by atoms with Crippen molar-refractivity contribution in [3.8, 4) is 0 Å². The maximum atomic E-state index is 13.3. The van der Waals surface area contributed by atoms with Crippen molar-refractivity contribution in [3.05, 3.63) is 36.7 Å². The van der Waals surface area contributed by atoms with E-state index in [-0.39, 0.29) is 29.0 Å². The van der Waals surface area contributed by atoms with Gasteiger partial charge in [-0.1, -0.05) is 6.08 Å². The Morgan fingerprint density at radius 2 is 1.59 bits per heavy atom. The van der Waals surface area contributed by atoms with E-state index in [0.717, 1.165) is 22.1 Å². The van der Waals surface area contributed by atoms with Crippen LogP contribution in [0.25, 0.3) is 11.2 Å². The quantitative estimate of drug-likeness (QED) is 0.0434. The van der Waals surface area contributed by atoms with E-state index in [1.54, 1.807) is 0 Å². The fourth-order valence-electron chi connectivity index (χ4n) is 6.11. The second kappa shape index (κ2) is 19.7. The maximum Gasteiger partial charge on any atom is 0.481 e. The zero-order chi connectivity index (χ0) is 47.9. The molecule has 0 spiro atoms. The SMILES string of the molecule is NC(=O)C1=CN([C@@H]2O[C@H](COP(=O)(O)OP(=O)(O)OC[C@]3(OC(=O)C(O)C(O)C(O)C(O)C(O)P(=O)=O)O[C@@H](n4cnc5c(N)ncnc54)[C@H](OP(=O)(O)O)[C@H]3O)[C@@H](O)[C@H]2O)C=CC1. The molecule has 3 aliphatic heterocycles. The van der Waals surface area contributed by atoms with Crippen LogP contribution in [0.15, 0.2) is 36.7 Å². The van der Waals surface area contributed by atoms with Crippen LogP contribution in [0.5, 0.6) is 0 Å². The first kappa shape index (κ1) is 51.4. The molecule has 16 N–H and O–H groups in total. The number of imidazole rings is 1. The summed E-state index contributed by atoms with van der Waals surface area (Å²) in [5, 5.41) is 83.1. The number of rotatable bonds is 20. The number of carbonyl (C=O) groups excluding carboxylic acids is 2. The van der Waals surface area contributed by atoms with Gasteiger partial charge < -0.3 is 91.0 Å². The van der Waals surface area contributed by atoms with Crippen LogP contribution in [0.2, 0.25) is 0 Å². The summed E-state index contributed by atoms with van der Waals surface area (Å²) in [4.78, 5) is 77.8. The molecule has 33 nitrogen and oxygen atoms in total. The molecule has 1 amide bonds. The molecular weight excluding hydrogens is 962 g/mol. The van der Waals surface area contributed by atoms with E-state index >= 15 is 0 Å². The van der Waals surface area contributed by atoms with Gasteiger partial charge >= 0.3 is 37.1 Å². The maximum absolute atomic E-state index is 13.3. The molecule has 2 saturated heterocycles. The molecule has 64 heavy (non-hydrogen) atoms. The van der Waals surface area contributed by atoms with Gasteiger partial charge in [0.15, 0.2) is 42.0 Å². The minimum Gasteiger partial charge on any atom is -0.425 e. The van der Waals surface area contributed by atoms with Gasteiger partial charge in [0, 0.05) is 18.0 Å². The van der Waals surface area contributed by atoms with Crippen molar-refractivity contribution in [3.63, 3.8) is 0 Å². The number of ether oxygens (including phenoxy) is 3. The molecule has 2 aromatic rings. The number of aromatic nitrogens is 4. The average Bonchev–Trinajstić information content (AvgIpc) is 3.85. The largest absolute Gasteiger partial charge is 0.481 e. The number of nitrogens with zero attached hydrogens (tertiary/aromatic N) is 5. The summed E-state index contributed by atoms with van der Waals surface area (Å²) in [5.74, 6) is -9.75. The molecule has 0 bridgehead atoms. The molecule has 3 aliphatic rings. The van der Waals surface area contributed by atoms with Crippen LogP contribution < -0.4 is 11.5 Å². The highest BCUT2D eigenvalue weighted by molar-refractivity contribution is 7.61. The molecule has 5 rings (SSSR count). The normalized spacial score (nSPS) is 30.5. The Morgan fingerprint density at radius 3 is 2.22 bits per heavy atom. The van der Waals surface area contributed by atoms with Gasteiger partial charge in [-0.05, 0) is 6.42 Å². The molecule has 37 heteroatoms. The van der Waals surface area contributed by atoms with Crippen molar-refractivity contribution in [2.75, 3.05) is 18.9 Å². The smallest absolute Gasteiger partial charge is 0.425 e. The lowest BCUT2D eigenvalue weighted by Crippen LogP contribution is -2.55. The Morgan fingerprint density at radius 1 is 0.938 bits per heavy atom. The summed E-state index contributed by atoms with van der Waals surface area (Å²) in [6.45, 7) is -3.13. The van der Waals surface area contributed by atoms with Crippen molar-refractivity contribution in [1.82, 2.24) is 24.4 Å². The fraction of sp³-hybridized carbons (Fsp3) is 0.593. The van der Waals surface area contributed by atoms with Gasteiger partial charge in [0.1, 0.15) is 61.2 Å². The predicted octanol–water partition coefficient (Wildman–Crippen LogP) is -5.76. The molecular formula is C27H39N7O26P4. The number of hydrogen-bond acceptors (Lipinski definition) is 27. The van der Waals surface area contributed by atoms with E-state index < -0.39 is 135 Å². The number of phosphoric acid groups is 3. The highest BCUT2D eigenvalue weighted by Crippen LogP contribution is 2.61. The number of esters is 1. The molecule has 2 fully saturated rings. The number of primary amides is 1. The van der Waals surface area contributed by atoms with Gasteiger partial charge in [-0.3, -0.25) is 22.9 Å². The Balaban J connectivity index is 1.40. The van der Waals surface area contributed by atoms with Crippen molar-refractivity contribution < 1.29 is 125 Å². The van der Waals surface area contributed by atoms with E-state index in [0.29, 0.717) is 0 Å². The third-order valence-corrected chi connectivity index (χ3v) is 13.1. The number of anilines is 1. The first-order valence-corrected chi connectivity index (χ1v) is 23.3. The van der Waals surface area contributed by atoms with Gasteiger partial charge in [0.2, 0.25) is 5.91 Å². The summed E-state index contributed by atoms with van der Waals surface area (Å²) >= 11 is 0. The van der Waals surface area contributed by atoms with Gasteiger partial charge in [-0.25, -0.2) is 42.6 Å². The van der Waals surface area contributed by atoms with Gasteiger partial charge in [-0.2, -0.15) is 4.31 Å². The van der Waals surface area contributed by atoms with Crippen LogP contribution >= 0.6 is 31.1 Å². The minimum atomic E-state index is -6.16. The van der Waals surface area contributed by atoms with Crippen LogP contribution in [-0.4, -0.2) is 183 Å². The first-order chi connectivity index (χ1) is 29.6. The van der Waals surface area contributed by atoms with Gasteiger partial charge in [-0.15, -0.1) is 0 Å². The van der Waals surface area contributed by atoms with E-state index in [1.807, 2.05) is 0 Å². The number of amides is 1. The monoisotopic (exact) mass is 1000 g/mol. The molecule has 15 atom stereocenters. The predicted molar refractivity (Wildman–Crippen MR) is 196 cm³/mol. The summed E-state index contributed by atoms with van der Waals surface area (Å²) in [6.07, 6.45) is -20.5. The van der Waals surface area contributed by atoms with Gasteiger partial charge in [0.05, 0.1) is 12.9 Å². The van der Waals surface area contributed by atoms with Crippen LogP contribution in [0.1, 0.15) is 12.6 Å². The zero-order valence-electron chi connectivity index (χ0n) is 31.7.